The highest BCUT2D eigenvalue weighted by Gasteiger charge is 1.94. The van der Waals surface area contributed by atoms with E-state index in [1.165, 1.54) is 29.5 Å². The molecule has 2 aromatic rings. The van der Waals surface area contributed by atoms with Gasteiger partial charge in [-0.1, -0.05) is 92.2 Å². The maximum Gasteiger partial charge on any atom is -0.0254 e. The van der Waals surface area contributed by atoms with E-state index in [9.17, 15) is 0 Å². The molecular weight excluding hydrogens is 240 g/mol. The SMILES string of the molecule is CCCCC(/C=C\c1ccccc1)=C\c1ccccc1. The topological polar surface area (TPSA) is 0 Å². The van der Waals surface area contributed by atoms with Crippen LogP contribution in [-0.2, 0) is 0 Å². The first-order valence-electron chi connectivity index (χ1n) is 7.37. The lowest BCUT2D eigenvalue weighted by atomic mass is 10.0. The zero-order chi connectivity index (χ0) is 14.0. The van der Waals surface area contributed by atoms with E-state index in [1.54, 1.807) is 0 Å². The maximum atomic E-state index is 2.29. The summed E-state index contributed by atoms with van der Waals surface area (Å²) in [7, 11) is 0. The molecule has 0 heteroatoms. The predicted molar refractivity (Wildman–Crippen MR) is 89.4 cm³/mol. The molecule has 0 saturated heterocycles. The Hall–Kier alpha value is -2.08. The summed E-state index contributed by atoms with van der Waals surface area (Å²) in [6, 6.07) is 21.0. The minimum absolute atomic E-state index is 1.13. The minimum atomic E-state index is 1.13. The Morgan fingerprint density at radius 2 is 1.45 bits per heavy atom. The van der Waals surface area contributed by atoms with Gasteiger partial charge in [0.2, 0.25) is 0 Å². The molecule has 0 bridgehead atoms. The van der Waals surface area contributed by atoms with Crippen molar-refractivity contribution in [1.29, 1.82) is 0 Å². The number of benzene rings is 2. The van der Waals surface area contributed by atoms with Crippen molar-refractivity contribution in [2.75, 3.05) is 0 Å². The van der Waals surface area contributed by atoms with Crippen molar-refractivity contribution in [3.63, 3.8) is 0 Å². The molecule has 0 saturated carbocycles. The third-order valence-corrected chi connectivity index (χ3v) is 3.26. The van der Waals surface area contributed by atoms with Gasteiger partial charge in [-0.2, -0.15) is 0 Å². The highest BCUT2D eigenvalue weighted by atomic mass is 14.0. The van der Waals surface area contributed by atoms with Crippen molar-refractivity contribution in [3.05, 3.63) is 83.4 Å². The smallest absolute Gasteiger partial charge is 0.0254 e. The molecule has 0 aromatic heterocycles. The summed E-state index contributed by atoms with van der Waals surface area (Å²) in [5.41, 5.74) is 3.92. The Morgan fingerprint density at radius 3 is 2.05 bits per heavy atom. The van der Waals surface area contributed by atoms with Crippen LogP contribution in [0.2, 0.25) is 0 Å². The summed E-state index contributed by atoms with van der Waals surface area (Å²) in [4.78, 5) is 0. The van der Waals surface area contributed by atoms with Gasteiger partial charge in [0.1, 0.15) is 0 Å². The Balaban J connectivity index is 2.15. The first kappa shape index (κ1) is 14.3. The summed E-state index contributed by atoms with van der Waals surface area (Å²) in [5, 5.41) is 0. The van der Waals surface area contributed by atoms with Crippen LogP contribution in [0.25, 0.3) is 12.2 Å². The molecule has 0 atom stereocenters. The number of hydrogen-bond donors (Lipinski definition) is 0. The van der Waals surface area contributed by atoms with Crippen LogP contribution in [-0.4, -0.2) is 0 Å². The van der Waals surface area contributed by atoms with Crippen molar-refractivity contribution < 1.29 is 0 Å². The molecule has 0 unspecified atom stereocenters. The Kier molecular flexibility index (Phi) is 5.85. The van der Waals surface area contributed by atoms with Crippen molar-refractivity contribution in [3.8, 4) is 0 Å². The number of unbranched alkanes of at least 4 members (excludes halogenated alkanes) is 1. The van der Waals surface area contributed by atoms with E-state index >= 15 is 0 Å². The zero-order valence-corrected chi connectivity index (χ0v) is 12.1. The van der Waals surface area contributed by atoms with Crippen molar-refractivity contribution >= 4 is 12.2 Å². The molecule has 20 heavy (non-hydrogen) atoms. The van der Waals surface area contributed by atoms with Gasteiger partial charge in [0.15, 0.2) is 0 Å². The summed E-state index contributed by atoms with van der Waals surface area (Å²) in [6.07, 6.45) is 10.3. The summed E-state index contributed by atoms with van der Waals surface area (Å²) < 4.78 is 0. The maximum absolute atomic E-state index is 2.29. The molecule has 2 aromatic carbocycles. The Labute approximate surface area is 122 Å². The van der Waals surface area contributed by atoms with Gasteiger partial charge in [0.05, 0.1) is 0 Å². The molecule has 102 valence electrons. The van der Waals surface area contributed by atoms with Gasteiger partial charge in [-0.3, -0.25) is 0 Å². The van der Waals surface area contributed by atoms with Crippen LogP contribution >= 0.6 is 0 Å². The normalized spacial score (nSPS) is 11.9. The Bertz CT molecular complexity index is 547. The van der Waals surface area contributed by atoms with E-state index in [0.29, 0.717) is 0 Å². The molecule has 0 heterocycles. The van der Waals surface area contributed by atoms with E-state index in [-0.39, 0.29) is 0 Å². The van der Waals surface area contributed by atoms with Gasteiger partial charge in [0.25, 0.3) is 0 Å². The van der Waals surface area contributed by atoms with Gasteiger partial charge in [-0.05, 0) is 29.5 Å². The van der Waals surface area contributed by atoms with E-state index in [2.05, 4.69) is 85.8 Å². The molecule has 2 rings (SSSR count). The van der Waals surface area contributed by atoms with E-state index in [1.807, 2.05) is 0 Å². The van der Waals surface area contributed by atoms with Crippen molar-refractivity contribution in [2.24, 2.45) is 0 Å². The van der Waals surface area contributed by atoms with Crippen LogP contribution in [0.1, 0.15) is 37.3 Å². The molecule has 0 radical (unpaired) electrons. The predicted octanol–water partition coefficient (Wildman–Crippen LogP) is 5.97. The first-order valence-corrected chi connectivity index (χ1v) is 7.37. The van der Waals surface area contributed by atoms with Gasteiger partial charge in [0, 0.05) is 0 Å². The average Bonchev–Trinajstić information content (AvgIpc) is 2.52. The van der Waals surface area contributed by atoms with Crippen LogP contribution in [0, 0.1) is 0 Å². The first-order chi connectivity index (χ1) is 9.88. The van der Waals surface area contributed by atoms with Gasteiger partial charge >= 0.3 is 0 Å². The average molecular weight is 262 g/mol. The van der Waals surface area contributed by atoms with Crippen molar-refractivity contribution in [1.82, 2.24) is 0 Å². The lowest BCUT2D eigenvalue weighted by Gasteiger charge is -2.02. The highest BCUT2D eigenvalue weighted by molar-refractivity contribution is 5.61. The second-order valence-corrected chi connectivity index (χ2v) is 4.98. The van der Waals surface area contributed by atoms with Crippen LogP contribution in [0.5, 0.6) is 0 Å². The van der Waals surface area contributed by atoms with E-state index in [4.69, 9.17) is 0 Å². The van der Waals surface area contributed by atoms with Gasteiger partial charge in [-0.15, -0.1) is 0 Å². The third-order valence-electron chi connectivity index (χ3n) is 3.26. The zero-order valence-electron chi connectivity index (χ0n) is 12.1. The summed E-state index contributed by atoms with van der Waals surface area (Å²) in [6.45, 7) is 2.24. The van der Waals surface area contributed by atoms with Crippen molar-refractivity contribution in [2.45, 2.75) is 26.2 Å². The molecule has 0 aliphatic heterocycles. The number of rotatable bonds is 6. The van der Waals surface area contributed by atoms with Crippen LogP contribution in [0.3, 0.4) is 0 Å². The van der Waals surface area contributed by atoms with Gasteiger partial charge in [-0.25, -0.2) is 0 Å². The van der Waals surface area contributed by atoms with E-state index < -0.39 is 0 Å². The molecule has 0 nitrogen and oxygen atoms in total. The largest absolute Gasteiger partial charge is 0.0654 e. The van der Waals surface area contributed by atoms with Gasteiger partial charge < -0.3 is 0 Å². The molecule has 0 amide bonds. The van der Waals surface area contributed by atoms with E-state index in [0.717, 1.165) is 6.42 Å². The fourth-order valence-electron chi connectivity index (χ4n) is 2.12. The monoisotopic (exact) mass is 262 g/mol. The fraction of sp³-hybridized carbons (Fsp3) is 0.200. The second kappa shape index (κ2) is 8.16. The molecular formula is C20H22. The van der Waals surface area contributed by atoms with Crippen LogP contribution < -0.4 is 0 Å². The highest BCUT2D eigenvalue weighted by Crippen LogP contribution is 2.16. The number of allylic oxidation sites excluding steroid dienone is 2. The quantitative estimate of drug-likeness (QED) is 0.562. The summed E-state index contributed by atoms with van der Waals surface area (Å²) in [5.74, 6) is 0. The molecule has 0 N–H and O–H groups in total. The molecule has 0 fully saturated rings. The lowest BCUT2D eigenvalue weighted by molar-refractivity contribution is 0.801. The Morgan fingerprint density at radius 1 is 0.850 bits per heavy atom. The molecule has 0 aliphatic carbocycles. The fourth-order valence-corrected chi connectivity index (χ4v) is 2.12. The molecule has 0 aliphatic rings. The minimum Gasteiger partial charge on any atom is -0.0654 e. The lowest BCUT2D eigenvalue weighted by Crippen LogP contribution is -1.81. The second-order valence-electron chi connectivity index (χ2n) is 4.98. The standard InChI is InChI=1S/C20H22/c1-2-3-10-20(17-19-13-8-5-9-14-19)16-15-18-11-6-4-7-12-18/h4-9,11-17H,2-3,10H2,1H3/b16-15-,20-17+. The van der Waals surface area contributed by atoms with Crippen LogP contribution in [0.15, 0.2) is 72.3 Å². The third kappa shape index (κ3) is 4.89. The summed E-state index contributed by atoms with van der Waals surface area (Å²) >= 11 is 0. The number of hydrogen-bond acceptors (Lipinski definition) is 0. The van der Waals surface area contributed by atoms with Crippen LogP contribution in [0.4, 0.5) is 0 Å². The molecule has 0 spiro atoms.